The lowest BCUT2D eigenvalue weighted by atomic mass is 10.3. The van der Waals surface area contributed by atoms with Crippen molar-refractivity contribution in [3.63, 3.8) is 0 Å². The highest BCUT2D eigenvalue weighted by Crippen LogP contribution is 2.21. The summed E-state index contributed by atoms with van der Waals surface area (Å²) in [7, 11) is 0. The van der Waals surface area contributed by atoms with Crippen LogP contribution in [0.5, 0.6) is 0 Å². The van der Waals surface area contributed by atoms with Gasteiger partial charge >= 0.3 is 0 Å². The quantitative estimate of drug-likeness (QED) is 0.707. The molecule has 0 N–H and O–H groups in total. The molecule has 0 aromatic carbocycles. The highest BCUT2D eigenvalue weighted by atomic mass is 35.5. The van der Waals surface area contributed by atoms with Gasteiger partial charge < -0.3 is 0 Å². The van der Waals surface area contributed by atoms with E-state index < -0.39 is 18.8 Å². The van der Waals surface area contributed by atoms with E-state index in [1.165, 1.54) is 6.07 Å². The second-order valence-corrected chi connectivity index (χ2v) is 2.57. The first kappa shape index (κ1) is 9.32. The summed E-state index contributed by atoms with van der Waals surface area (Å²) in [5, 5.41) is 0.0768. The molecular weight excluding hydrogens is 191 g/mol. The molecule has 0 unspecified atom stereocenters. The van der Waals surface area contributed by atoms with E-state index in [1.54, 1.807) is 0 Å². The molecule has 0 saturated heterocycles. The maximum Gasteiger partial charge on any atom is 0.280 e. The third-order valence-corrected chi connectivity index (χ3v) is 1.44. The van der Waals surface area contributed by atoms with Crippen LogP contribution in [0.25, 0.3) is 0 Å². The Kier molecular flexibility index (Phi) is 2.92. The topological polar surface area (TPSA) is 12.9 Å². The molecular formula is C7H5ClF3N. The van der Waals surface area contributed by atoms with Crippen LogP contribution in [0.1, 0.15) is 17.8 Å². The van der Waals surface area contributed by atoms with E-state index in [2.05, 4.69) is 4.98 Å². The van der Waals surface area contributed by atoms with E-state index in [0.29, 0.717) is 0 Å². The monoisotopic (exact) mass is 195 g/mol. The van der Waals surface area contributed by atoms with Gasteiger partial charge in [0.05, 0.1) is 5.69 Å². The summed E-state index contributed by atoms with van der Waals surface area (Å²) in [5.41, 5.74) is -0.562. The van der Waals surface area contributed by atoms with Crippen LogP contribution in [-0.4, -0.2) is 4.98 Å². The zero-order valence-electron chi connectivity index (χ0n) is 5.90. The number of pyridine rings is 1. The average molecular weight is 196 g/mol. The molecule has 1 aromatic rings. The van der Waals surface area contributed by atoms with Gasteiger partial charge in [-0.1, -0.05) is 11.6 Å². The molecule has 1 heterocycles. The first-order valence-corrected chi connectivity index (χ1v) is 3.51. The van der Waals surface area contributed by atoms with Crippen molar-refractivity contribution in [1.29, 1.82) is 0 Å². The molecule has 1 rings (SSSR count). The predicted molar refractivity (Wildman–Crippen MR) is 39.0 cm³/mol. The van der Waals surface area contributed by atoms with E-state index in [1.807, 2.05) is 0 Å². The fourth-order valence-electron chi connectivity index (χ4n) is 0.753. The summed E-state index contributed by atoms with van der Waals surface area (Å²) in [6, 6.07) is 2.23. The highest BCUT2D eigenvalue weighted by Gasteiger charge is 2.10. The van der Waals surface area contributed by atoms with Crippen molar-refractivity contribution in [2.75, 3.05) is 0 Å². The van der Waals surface area contributed by atoms with Gasteiger partial charge in [-0.05, 0) is 12.1 Å². The first-order valence-electron chi connectivity index (χ1n) is 3.14. The Bertz CT molecular complexity index is 277. The van der Waals surface area contributed by atoms with Crippen molar-refractivity contribution in [3.8, 4) is 0 Å². The summed E-state index contributed by atoms with van der Waals surface area (Å²) < 4.78 is 36.0. The molecule has 0 spiro atoms. The number of nitrogens with zero attached hydrogens (tertiary/aromatic N) is 1. The molecule has 0 aliphatic carbocycles. The third kappa shape index (κ3) is 2.11. The number of aromatic nitrogens is 1. The Morgan fingerprint density at radius 3 is 2.58 bits per heavy atom. The minimum Gasteiger partial charge on any atom is -0.249 e. The van der Waals surface area contributed by atoms with Crippen LogP contribution in [0, 0.1) is 0 Å². The molecule has 0 atom stereocenters. The molecule has 12 heavy (non-hydrogen) atoms. The maximum absolute atomic E-state index is 12.0. The Labute approximate surface area is 72.2 Å². The van der Waals surface area contributed by atoms with Crippen molar-refractivity contribution in [2.24, 2.45) is 0 Å². The normalized spacial score (nSPS) is 10.8. The van der Waals surface area contributed by atoms with E-state index in [-0.39, 0.29) is 10.7 Å². The van der Waals surface area contributed by atoms with Gasteiger partial charge in [-0.2, -0.15) is 0 Å². The molecule has 66 valence electrons. The van der Waals surface area contributed by atoms with Gasteiger partial charge in [0.25, 0.3) is 6.43 Å². The first-order chi connectivity index (χ1) is 5.63. The molecule has 0 aliphatic heterocycles. The van der Waals surface area contributed by atoms with E-state index in [4.69, 9.17) is 11.6 Å². The van der Waals surface area contributed by atoms with E-state index in [9.17, 15) is 13.2 Å². The van der Waals surface area contributed by atoms with Gasteiger partial charge in [-0.3, -0.25) is 0 Å². The predicted octanol–water partition coefficient (Wildman–Crippen LogP) is 3.14. The lowest BCUT2D eigenvalue weighted by molar-refractivity contribution is 0.145. The van der Waals surface area contributed by atoms with Crippen LogP contribution in [0.2, 0.25) is 5.02 Å². The summed E-state index contributed by atoms with van der Waals surface area (Å²) in [5.74, 6) is 0. The Morgan fingerprint density at radius 1 is 1.42 bits per heavy atom. The number of alkyl halides is 3. The number of rotatable bonds is 2. The molecule has 0 saturated carbocycles. The second-order valence-electron chi connectivity index (χ2n) is 2.14. The lowest BCUT2D eigenvalue weighted by Crippen LogP contribution is -1.94. The lowest BCUT2D eigenvalue weighted by Gasteiger charge is -2.01. The molecule has 1 nitrogen and oxygen atoms in total. The Morgan fingerprint density at radius 2 is 2.08 bits per heavy atom. The van der Waals surface area contributed by atoms with Crippen LogP contribution in [0.15, 0.2) is 12.1 Å². The van der Waals surface area contributed by atoms with Crippen LogP contribution in [-0.2, 0) is 6.67 Å². The van der Waals surface area contributed by atoms with Crippen LogP contribution < -0.4 is 0 Å². The molecule has 0 radical (unpaired) electrons. The van der Waals surface area contributed by atoms with E-state index >= 15 is 0 Å². The van der Waals surface area contributed by atoms with Crippen molar-refractivity contribution in [2.45, 2.75) is 13.1 Å². The summed E-state index contributed by atoms with van der Waals surface area (Å²) in [6.07, 6.45) is -2.71. The minimum absolute atomic E-state index is 0.0715. The van der Waals surface area contributed by atoms with Gasteiger partial charge in [-0.15, -0.1) is 0 Å². The van der Waals surface area contributed by atoms with Crippen molar-refractivity contribution in [3.05, 3.63) is 28.5 Å². The van der Waals surface area contributed by atoms with Gasteiger partial charge in [0.2, 0.25) is 0 Å². The number of halogens is 4. The van der Waals surface area contributed by atoms with Gasteiger partial charge in [0.1, 0.15) is 12.4 Å². The fourth-order valence-corrected chi connectivity index (χ4v) is 0.990. The molecule has 1 aromatic heterocycles. The minimum atomic E-state index is -2.71. The second kappa shape index (κ2) is 3.76. The summed E-state index contributed by atoms with van der Waals surface area (Å²) in [4.78, 5) is 3.34. The highest BCUT2D eigenvalue weighted by molar-refractivity contribution is 6.30. The zero-order valence-corrected chi connectivity index (χ0v) is 6.65. The standard InChI is InChI=1S/C7H5ClF3N/c8-4-1-5(3-9)12-6(2-4)7(10)11/h1-2,7H,3H2. The van der Waals surface area contributed by atoms with Gasteiger partial charge in [-0.25, -0.2) is 18.2 Å². The number of hydrogen-bond acceptors (Lipinski definition) is 1. The van der Waals surface area contributed by atoms with Gasteiger partial charge in [0, 0.05) is 5.02 Å². The van der Waals surface area contributed by atoms with Crippen LogP contribution in [0.3, 0.4) is 0 Å². The molecule has 0 fully saturated rings. The molecule has 5 heteroatoms. The SMILES string of the molecule is FCc1cc(Cl)cc(C(F)F)n1. The molecule has 0 aliphatic rings. The zero-order chi connectivity index (χ0) is 9.14. The Hall–Kier alpha value is -0.770. The number of hydrogen-bond donors (Lipinski definition) is 0. The summed E-state index contributed by atoms with van der Waals surface area (Å²) >= 11 is 5.43. The van der Waals surface area contributed by atoms with Crippen molar-refractivity contribution >= 4 is 11.6 Å². The molecule has 0 bridgehead atoms. The Balaban J connectivity index is 3.06. The summed E-state index contributed by atoms with van der Waals surface area (Å²) in [6.45, 7) is -0.889. The maximum atomic E-state index is 12.0. The van der Waals surface area contributed by atoms with Crippen molar-refractivity contribution in [1.82, 2.24) is 4.98 Å². The van der Waals surface area contributed by atoms with Crippen LogP contribution in [0.4, 0.5) is 13.2 Å². The average Bonchev–Trinajstić information content (AvgIpc) is 2.03. The smallest absolute Gasteiger partial charge is 0.249 e. The van der Waals surface area contributed by atoms with Crippen LogP contribution >= 0.6 is 11.6 Å². The largest absolute Gasteiger partial charge is 0.280 e. The fraction of sp³-hybridized carbons (Fsp3) is 0.286. The third-order valence-electron chi connectivity index (χ3n) is 1.22. The van der Waals surface area contributed by atoms with Gasteiger partial charge in [0.15, 0.2) is 0 Å². The van der Waals surface area contributed by atoms with Crippen molar-refractivity contribution < 1.29 is 13.2 Å². The molecule has 0 amide bonds. The van der Waals surface area contributed by atoms with E-state index in [0.717, 1.165) is 6.07 Å².